The lowest BCUT2D eigenvalue weighted by Gasteiger charge is -2.18. The summed E-state index contributed by atoms with van der Waals surface area (Å²) in [6, 6.07) is 18.3. The monoisotopic (exact) mass is 590 g/mol. The van der Waals surface area contributed by atoms with Crippen molar-refractivity contribution in [1.29, 1.82) is 0 Å². The third-order valence-corrected chi connectivity index (χ3v) is 8.02. The molecule has 0 saturated carbocycles. The number of carboxylic acids is 1. The summed E-state index contributed by atoms with van der Waals surface area (Å²) in [4.78, 5) is 11.6. The van der Waals surface area contributed by atoms with Gasteiger partial charge in [-0.05, 0) is 78.4 Å². The second-order valence-electron chi connectivity index (χ2n) is 10.4. The Bertz CT molecular complexity index is 1700. The van der Waals surface area contributed by atoms with E-state index in [1.807, 2.05) is 55.7 Å². The first-order valence-corrected chi connectivity index (χ1v) is 14.2. The number of aromatic nitrogens is 3. The molecule has 3 N–H and O–H groups in total. The zero-order chi connectivity index (χ0) is 29.3. The van der Waals surface area contributed by atoms with Gasteiger partial charge < -0.3 is 20.1 Å². The first-order valence-electron chi connectivity index (χ1n) is 13.5. The Morgan fingerprint density at radius 1 is 1.05 bits per heavy atom. The predicted octanol–water partition coefficient (Wildman–Crippen LogP) is 7.93. The maximum Gasteiger partial charge on any atom is 0.336 e. The van der Waals surface area contributed by atoms with Crippen molar-refractivity contribution in [2.24, 2.45) is 5.73 Å². The molecule has 0 spiro atoms. The van der Waals surface area contributed by atoms with Crippen LogP contribution in [0.2, 0.25) is 10.0 Å². The first-order chi connectivity index (χ1) is 19.7. The van der Waals surface area contributed by atoms with Gasteiger partial charge in [-0.25, -0.2) is 9.48 Å². The molecular formula is C32H32Cl2N4O3. The molecule has 1 unspecified atom stereocenters. The SMILES string of the molecule is Cc1cc(OCc2c(C(C)C)cnn2-c2c(Cl)cccc2Cl)ccc1C(N)CCn1ccc2c(C(=O)O)cccc21. The van der Waals surface area contributed by atoms with Crippen molar-refractivity contribution in [2.45, 2.75) is 52.3 Å². The molecule has 0 saturated heterocycles. The predicted molar refractivity (Wildman–Crippen MR) is 164 cm³/mol. The third-order valence-electron chi connectivity index (χ3n) is 7.41. The Morgan fingerprint density at radius 3 is 2.46 bits per heavy atom. The van der Waals surface area contributed by atoms with Gasteiger partial charge in [0.25, 0.3) is 0 Å². The molecule has 0 bridgehead atoms. The largest absolute Gasteiger partial charge is 0.487 e. The van der Waals surface area contributed by atoms with E-state index < -0.39 is 5.97 Å². The van der Waals surface area contributed by atoms with Crippen LogP contribution in [0.1, 0.15) is 65.0 Å². The molecule has 212 valence electrons. The van der Waals surface area contributed by atoms with E-state index in [0.29, 0.717) is 40.9 Å². The first kappa shape index (κ1) is 28.7. The molecular weight excluding hydrogens is 559 g/mol. The molecule has 5 rings (SSSR count). The number of aromatic carboxylic acids is 1. The van der Waals surface area contributed by atoms with Gasteiger partial charge in [-0.2, -0.15) is 5.10 Å². The lowest BCUT2D eigenvalue weighted by molar-refractivity contribution is 0.0699. The molecule has 0 aliphatic heterocycles. The number of hydrogen-bond acceptors (Lipinski definition) is 4. The van der Waals surface area contributed by atoms with Gasteiger partial charge in [0.05, 0.1) is 27.5 Å². The highest BCUT2D eigenvalue weighted by molar-refractivity contribution is 6.37. The summed E-state index contributed by atoms with van der Waals surface area (Å²) in [6.07, 6.45) is 4.45. The Morgan fingerprint density at radius 2 is 1.78 bits per heavy atom. The number of hydrogen-bond donors (Lipinski definition) is 2. The Labute approximate surface area is 249 Å². The van der Waals surface area contributed by atoms with Crippen LogP contribution in [0.15, 0.2) is 73.1 Å². The van der Waals surface area contributed by atoms with Crippen LogP contribution in [0.3, 0.4) is 0 Å². The Balaban J connectivity index is 1.30. The van der Waals surface area contributed by atoms with Gasteiger partial charge >= 0.3 is 5.97 Å². The number of fused-ring (bicyclic) bond motifs is 1. The number of halogens is 2. The van der Waals surface area contributed by atoms with Crippen molar-refractivity contribution >= 4 is 40.1 Å². The molecule has 2 heterocycles. The molecule has 2 aromatic heterocycles. The summed E-state index contributed by atoms with van der Waals surface area (Å²) in [7, 11) is 0. The van der Waals surface area contributed by atoms with Crippen molar-refractivity contribution < 1.29 is 14.6 Å². The minimum atomic E-state index is -0.930. The highest BCUT2D eigenvalue weighted by Gasteiger charge is 2.20. The van der Waals surface area contributed by atoms with Crippen LogP contribution in [0, 0.1) is 6.92 Å². The van der Waals surface area contributed by atoms with Crippen molar-refractivity contribution in [1.82, 2.24) is 14.3 Å². The third kappa shape index (κ3) is 5.84. The van der Waals surface area contributed by atoms with Gasteiger partial charge in [0, 0.05) is 29.7 Å². The summed E-state index contributed by atoms with van der Waals surface area (Å²) >= 11 is 13.0. The van der Waals surface area contributed by atoms with Gasteiger partial charge in [-0.1, -0.05) is 55.2 Å². The summed E-state index contributed by atoms with van der Waals surface area (Å²) in [5.41, 5.74) is 12.5. The van der Waals surface area contributed by atoms with E-state index in [-0.39, 0.29) is 12.0 Å². The minimum Gasteiger partial charge on any atom is -0.487 e. The van der Waals surface area contributed by atoms with Crippen molar-refractivity contribution in [2.75, 3.05) is 0 Å². The zero-order valence-corrected chi connectivity index (χ0v) is 24.7. The van der Waals surface area contributed by atoms with E-state index >= 15 is 0 Å². The average Bonchev–Trinajstić information content (AvgIpc) is 3.54. The zero-order valence-electron chi connectivity index (χ0n) is 23.1. The van der Waals surface area contributed by atoms with Crippen LogP contribution in [0.4, 0.5) is 0 Å². The minimum absolute atomic E-state index is 0.194. The van der Waals surface area contributed by atoms with Crippen molar-refractivity contribution in [3.63, 3.8) is 0 Å². The van der Waals surface area contributed by atoms with Crippen LogP contribution in [0.25, 0.3) is 16.6 Å². The molecule has 0 aliphatic carbocycles. The number of ether oxygens (including phenoxy) is 1. The molecule has 9 heteroatoms. The van der Waals surface area contributed by atoms with Crippen molar-refractivity contribution in [3.05, 3.63) is 111 Å². The number of nitrogens with two attached hydrogens (primary N) is 1. The number of para-hydroxylation sites is 1. The number of carboxylic acid groups (broad SMARTS) is 1. The Kier molecular flexibility index (Phi) is 8.40. The normalized spacial score (nSPS) is 12.3. The standard InChI is InChI=1S/C32H32Cl2N4O3/c1-19(2)25-17-36-38(31-26(33)7-5-8-27(31)34)30(25)18-41-21-10-11-22(20(3)16-21)28(35)13-15-37-14-12-23-24(32(39)40)6-4-9-29(23)37/h4-12,14,16-17,19,28H,13,15,18,35H2,1-3H3,(H,39,40). The maximum absolute atomic E-state index is 11.6. The molecule has 5 aromatic rings. The average molecular weight is 592 g/mol. The molecule has 0 aliphatic rings. The van der Waals surface area contributed by atoms with E-state index in [0.717, 1.165) is 39.0 Å². The highest BCUT2D eigenvalue weighted by atomic mass is 35.5. The number of rotatable bonds is 10. The molecule has 41 heavy (non-hydrogen) atoms. The maximum atomic E-state index is 11.6. The molecule has 7 nitrogen and oxygen atoms in total. The fourth-order valence-corrected chi connectivity index (χ4v) is 5.80. The van der Waals surface area contributed by atoms with Crippen LogP contribution in [0.5, 0.6) is 5.75 Å². The fraction of sp³-hybridized carbons (Fsp3) is 0.250. The van der Waals surface area contributed by atoms with Gasteiger partial charge in [-0.15, -0.1) is 0 Å². The van der Waals surface area contributed by atoms with E-state index in [2.05, 4.69) is 23.5 Å². The topological polar surface area (TPSA) is 95.3 Å². The van der Waals surface area contributed by atoms with Gasteiger partial charge in [0.2, 0.25) is 0 Å². The number of nitrogens with zero attached hydrogens (tertiary/aromatic N) is 3. The van der Waals surface area contributed by atoms with Gasteiger partial charge in [-0.3, -0.25) is 0 Å². The van der Waals surface area contributed by atoms with Crippen LogP contribution in [-0.4, -0.2) is 25.4 Å². The number of benzene rings is 3. The summed E-state index contributed by atoms with van der Waals surface area (Å²) in [6.45, 7) is 7.21. The Hall–Kier alpha value is -3.78. The van der Waals surface area contributed by atoms with E-state index in [1.165, 1.54) is 0 Å². The van der Waals surface area contributed by atoms with Crippen LogP contribution < -0.4 is 10.5 Å². The number of carbonyl (C=O) groups is 1. The van der Waals surface area contributed by atoms with Crippen LogP contribution in [-0.2, 0) is 13.2 Å². The molecule has 0 amide bonds. The van der Waals surface area contributed by atoms with Gasteiger partial charge in [0.15, 0.2) is 0 Å². The van der Waals surface area contributed by atoms with Crippen LogP contribution >= 0.6 is 23.2 Å². The van der Waals surface area contributed by atoms with Crippen molar-refractivity contribution in [3.8, 4) is 11.4 Å². The fourth-order valence-electron chi connectivity index (χ4n) is 5.24. The van der Waals surface area contributed by atoms with E-state index in [4.69, 9.17) is 33.7 Å². The lowest BCUT2D eigenvalue weighted by Crippen LogP contribution is -2.15. The number of aryl methyl sites for hydroxylation is 2. The highest BCUT2D eigenvalue weighted by Crippen LogP contribution is 2.32. The second-order valence-corrected chi connectivity index (χ2v) is 11.3. The lowest BCUT2D eigenvalue weighted by atomic mass is 9.99. The van der Waals surface area contributed by atoms with Gasteiger partial charge in [0.1, 0.15) is 18.0 Å². The second kappa shape index (κ2) is 12.0. The summed E-state index contributed by atoms with van der Waals surface area (Å²) < 4.78 is 10.1. The smallest absolute Gasteiger partial charge is 0.336 e. The van der Waals surface area contributed by atoms with E-state index in [1.54, 1.807) is 28.9 Å². The quantitative estimate of drug-likeness (QED) is 0.172. The molecule has 0 fully saturated rings. The van der Waals surface area contributed by atoms with E-state index in [9.17, 15) is 9.90 Å². The molecule has 3 aromatic carbocycles. The molecule has 1 atom stereocenters. The molecule has 0 radical (unpaired) electrons. The summed E-state index contributed by atoms with van der Waals surface area (Å²) in [5, 5.41) is 15.8. The summed E-state index contributed by atoms with van der Waals surface area (Å²) in [5.74, 6) is 0.0307.